The van der Waals surface area contributed by atoms with Gasteiger partial charge in [-0.2, -0.15) is 5.10 Å². The number of nitrogens with zero attached hydrogens (tertiary/aromatic N) is 4. The summed E-state index contributed by atoms with van der Waals surface area (Å²) in [6.45, 7) is 5.59. The number of rotatable bonds is 4. The molecule has 0 fully saturated rings. The van der Waals surface area contributed by atoms with E-state index in [9.17, 15) is 4.79 Å². The van der Waals surface area contributed by atoms with Gasteiger partial charge in [-0.1, -0.05) is 26.0 Å². The van der Waals surface area contributed by atoms with Crippen LogP contribution in [0.15, 0.2) is 36.9 Å². The third-order valence-electron chi connectivity index (χ3n) is 4.04. The van der Waals surface area contributed by atoms with E-state index in [1.807, 2.05) is 29.2 Å². The van der Waals surface area contributed by atoms with E-state index in [1.54, 1.807) is 11.0 Å². The third kappa shape index (κ3) is 2.95. The zero-order valence-electron chi connectivity index (χ0n) is 12.9. The lowest BCUT2D eigenvalue weighted by molar-refractivity contribution is -0.119. The highest BCUT2D eigenvalue weighted by Gasteiger charge is 2.29. The predicted molar refractivity (Wildman–Crippen MR) is 85.7 cm³/mol. The van der Waals surface area contributed by atoms with Gasteiger partial charge in [0.15, 0.2) is 0 Å². The van der Waals surface area contributed by atoms with Crippen molar-refractivity contribution >= 4 is 17.3 Å². The molecule has 1 atom stereocenters. The molecule has 1 amide bonds. The quantitative estimate of drug-likeness (QED) is 0.939. The molecule has 2 heterocycles. The molecule has 0 aliphatic carbocycles. The normalized spacial score (nSPS) is 17.2. The topological polar surface area (TPSA) is 63.1 Å². The monoisotopic (exact) mass is 299 g/mol. The Kier molecular flexibility index (Phi) is 4.09. The van der Waals surface area contributed by atoms with E-state index in [-0.39, 0.29) is 11.9 Å². The lowest BCUT2D eigenvalue weighted by Gasteiger charge is -2.37. The summed E-state index contributed by atoms with van der Waals surface area (Å²) in [6.07, 6.45) is 3.54. The van der Waals surface area contributed by atoms with Crippen LogP contribution in [0.3, 0.4) is 0 Å². The van der Waals surface area contributed by atoms with Gasteiger partial charge in [0.05, 0.1) is 17.9 Å². The lowest BCUT2D eigenvalue weighted by atomic mass is 9.99. The highest BCUT2D eigenvalue weighted by molar-refractivity contribution is 5.97. The van der Waals surface area contributed by atoms with Crippen LogP contribution in [0.25, 0.3) is 0 Å². The molecule has 22 heavy (non-hydrogen) atoms. The first-order valence-electron chi connectivity index (χ1n) is 7.63. The molecule has 0 unspecified atom stereocenters. The summed E-state index contributed by atoms with van der Waals surface area (Å²) in [5.74, 6) is 0.578. The Labute approximate surface area is 130 Å². The average molecular weight is 299 g/mol. The van der Waals surface area contributed by atoms with Crippen molar-refractivity contribution in [3.05, 3.63) is 36.9 Å². The fraction of sp³-hybridized carbons (Fsp3) is 0.438. The number of hydrogen-bond acceptors (Lipinski definition) is 4. The maximum Gasteiger partial charge on any atom is 0.228 e. The largest absolute Gasteiger partial charge is 0.379 e. The Morgan fingerprint density at radius 1 is 1.41 bits per heavy atom. The first kappa shape index (κ1) is 14.6. The summed E-state index contributed by atoms with van der Waals surface area (Å²) in [5, 5.41) is 7.57. The molecule has 1 aliphatic heterocycles. The fourth-order valence-electron chi connectivity index (χ4n) is 2.68. The maximum absolute atomic E-state index is 12.7. The number of benzene rings is 1. The highest BCUT2D eigenvalue weighted by atomic mass is 16.2. The molecular weight excluding hydrogens is 278 g/mol. The van der Waals surface area contributed by atoms with E-state index in [0.29, 0.717) is 25.4 Å². The zero-order chi connectivity index (χ0) is 15.5. The number of para-hydroxylation sites is 2. The number of carbonyl (C=O) groups excluding carboxylic acids is 1. The van der Waals surface area contributed by atoms with Crippen molar-refractivity contribution in [2.75, 3.05) is 16.8 Å². The van der Waals surface area contributed by atoms with Crippen molar-refractivity contribution in [1.82, 2.24) is 14.8 Å². The second-order valence-corrected chi connectivity index (χ2v) is 5.92. The van der Waals surface area contributed by atoms with Crippen molar-refractivity contribution < 1.29 is 4.79 Å². The molecule has 1 N–H and O–H groups in total. The number of carbonyl (C=O) groups is 1. The fourth-order valence-corrected chi connectivity index (χ4v) is 2.68. The number of hydrogen-bond donors (Lipinski definition) is 1. The van der Waals surface area contributed by atoms with E-state index in [0.717, 1.165) is 11.4 Å². The Morgan fingerprint density at radius 2 is 2.23 bits per heavy atom. The minimum absolute atomic E-state index is 0.120. The molecule has 0 bridgehead atoms. The van der Waals surface area contributed by atoms with Crippen LogP contribution in [0, 0.1) is 5.92 Å². The first-order valence-corrected chi connectivity index (χ1v) is 7.63. The zero-order valence-corrected chi connectivity index (χ0v) is 12.9. The summed E-state index contributed by atoms with van der Waals surface area (Å²) in [5.41, 5.74) is 1.99. The summed E-state index contributed by atoms with van der Waals surface area (Å²) >= 11 is 0. The molecule has 1 aromatic carbocycles. The van der Waals surface area contributed by atoms with Gasteiger partial charge in [0.2, 0.25) is 5.91 Å². The number of amides is 1. The van der Waals surface area contributed by atoms with Gasteiger partial charge in [-0.25, -0.2) is 4.98 Å². The van der Waals surface area contributed by atoms with Gasteiger partial charge in [0, 0.05) is 19.0 Å². The predicted octanol–water partition coefficient (Wildman–Crippen LogP) is 2.15. The molecule has 0 spiro atoms. The van der Waals surface area contributed by atoms with Crippen LogP contribution in [0.5, 0.6) is 0 Å². The van der Waals surface area contributed by atoms with Gasteiger partial charge >= 0.3 is 0 Å². The smallest absolute Gasteiger partial charge is 0.228 e. The summed E-state index contributed by atoms with van der Waals surface area (Å²) in [7, 11) is 0. The molecule has 2 aromatic rings. The highest BCUT2D eigenvalue weighted by Crippen LogP contribution is 2.32. The second-order valence-electron chi connectivity index (χ2n) is 5.92. The Balaban J connectivity index is 1.77. The summed E-state index contributed by atoms with van der Waals surface area (Å²) in [4.78, 5) is 18.5. The molecule has 6 heteroatoms. The molecule has 6 nitrogen and oxygen atoms in total. The Bertz CT molecular complexity index is 638. The number of anilines is 2. The maximum atomic E-state index is 12.7. The van der Waals surface area contributed by atoms with Crippen LogP contribution in [0.1, 0.15) is 20.3 Å². The van der Waals surface area contributed by atoms with Crippen LogP contribution < -0.4 is 10.2 Å². The van der Waals surface area contributed by atoms with Gasteiger partial charge in [0.25, 0.3) is 0 Å². The van der Waals surface area contributed by atoms with Gasteiger partial charge in [-0.3, -0.25) is 9.48 Å². The van der Waals surface area contributed by atoms with Gasteiger partial charge < -0.3 is 10.2 Å². The van der Waals surface area contributed by atoms with E-state index >= 15 is 0 Å². The second kappa shape index (κ2) is 6.17. The average Bonchev–Trinajstić information content (AvgIpc) is 3.04. The van der Waals surface area contributed by atoms with Crippen molar-refractivity contribution in [3.63, 3.8) is 0 Å². The van der Waals surface area contributed by atoms with Crippen LogP contribution >= 0.6 is 0 Å². The first-order chi connectivity index (χ1) is 10.6. The molecular formula is C16H21N5O. The summed E-state index contributed by atoms with van der Waals surface area (Å²) in [6, 6.07) is 8.25. The molecule has 116 valence electrons. The Hall–Kier alpha value is -2.37. The van der Waals surface area contributed by atoms with E-state index < -0.39 is 0 Å². The number of nitrogens with one attached hydrogen (secondary N) is 1. The number of aryl methyl sites for hydroxylation is 1. The van der Waals surface area contributed by atoms with E-state index in [2.05, 4.69) is 29.2 Å². The van der Waals surface area contributed by atoms with Crippen LogP contribution in [-0.4, -0.2) is 33.3 Å². The molecule has 1 aromatic heterocycles. The Morgan fingerprint density at radius 3 is 2.95 bits per heavy atom. The van der Waals surface area contributed by atoms with Crippen molar-refractivity contribution in [2.45, 2.75) is 32.9 Å². The summed E-state index contributed by atoms with van der Waals surface area (Å²) < 4.78 is 1.69. The minimum Gasteiger partial charge on any atom is -0.379 e. The van der Waals surface area contributed by atoms with Crippen LogP contribution in [0.2, 0.25) is 0 Å². The van der Waals surface area contributed by atoms with Gasteiger partial charge in [0.1, 0.15) is 12.7 Å². The number of aromatic nitrogens is 3. The molecule has 0 saturated carbocycles. The van der Waals surface area contributed by atoms with Crippen LogP contribution in [0.4, 0.5) is 11.4 Å². The molecule has 3 rings (SSSR count). The van der Waals surface area contributed by atoms with E-state index in [4.69, 9.17) is 0 Å². The van der Waals surface area contributed by atoms with Crippen molar-refractivity contribution in [3.8, 4) is 0 Å². The third-order valence-corrected chi connectivity index (χ3v) is 4.04. The van der Waals surface area contributed by atoms with Crippen molar-refractivity contribution in [2.24, 2.45) is 5.92 Å². The number of fused-ring (bicyclic) bond motifs is 1. The van der Waals surface area contributed by atoms with Crippen LogP contribution in [-0.2, 0) is 11.3 Å². The molecule has 1 aliphatic rings. The van der Waals surface area contributed by atoms with Crippen molar-refractivity contribution in [1.29, 1.82) is 0 Å². The van der Waals surface area contributed by atoms with E-state index in [1.165, 1.54) is 6.33 Å². The SMILES string of the molecule is CC(C)[C@@H]1CN(C(=O)CCn2cncn2)c2ccccc2N1. The minimum atomic E-state index is 0.120. The molecule has 0 radical (unpaired) electrons. The van der Waals surface area contributed by atoms with Gasteiger partial charge in [-0.15, -0.1) is 0 Å². The lowest BCUT2D eigenvalue weighted by Crippen LogP contribution is -2.47. The standard InChI is InChI=1S/C16H21N5O/c1-12(2)14-9-21(15-6-4-3-5-13(15)19-14)16(22)7-8-20-11-17-10-18-20/h3-6,10-12,14,19H,7-9H2,1-2H3/t14-/m0/s1. The molecule has 0 saturated heterocycles. The van der Waals surface area contributed by atoms with Gasteiger partial charge in [-0.05, 0) is 18.1 Å².